The van der Waals surface area contributed by atoms with Gasteiger partial charge >= 0.3 is 5.97 Å². The number of hydrogen-bond donors (Lipinski definition) is 0. The van der Waals surface area contributed by atoms with Gasteiger partial charge in [0.15, 0.2) is 0 Å². The normalized spacial score (nSPS) is 12.6. The van der Waals surface area contributed by atoms with E-state index in [1.54, 1.807) is 22.7 Å². The fourth-order valence-electron chi connectivity index (χ4n) is 2.81. The van der Waals surface area contributed by atoms with Gasteiger partial charge in [-0.25, -0.2) is 0 Å². The topological polar surface area (TPSA) is 26.3 Å². The minimum atomic E-state index is 0.00541. The maximum Gasteiger partial charge on any atom is 0.309 e. The first-order valence-electron chi connectivity index (χ1n) is 8.85. The number of ether oxygens (including phenoxy) is 1. The van der Waals surface area contributed by atoms with Crippen LogP contribution >= 0.6 is 22.7 Å². The van der Waals surface area contributed by atoms with E-state index in [9.17, 15) is 4.79 Å². The third kappa shape index (κ3) is 5.92. The standard InChI is InChI=1S/C19H28O2S2/c1-3-5-7-8-10-15(9-6-4-2)19(20)21-12-17-11-16-13-22-14-18(16)23-17/h11,13-15H,3-10,12H2,1-2H3. The average molecular weight is 353 g/mol. The number of thiophene rings is 2. The Kier molecular flexibility index (Phi) is 8.10. The van der Waals surface area contributed by atoms with Gasteiger partial charge in [-0.2, -0.15) is 11.3 Å². The zero-order chi connectivity index (χ0) is 16.5. The van der Waals surface area contributed by atoms with Crippen molar-refractivity contribution in [2.75, 3.05) is 0 Å². The molecule has 0 aliphatic heterocycles. The average Bonchev–Trinajstić information content (AvgIpc) is 3.13. The molecule has 0 fully saturated rings. The first kappa shape index (κ1) is 18.5. The molecular weight excluding hydrogens is 324 g/mol. The molecule has 2 nitrogen and oxygen atoms in total. The predicted molar refractivity (Wildman–Crippen MR) is 101 cm³/mol. The Morgan fingerprint density at radius 1 is 1.09 bits per heavy atom. The first-order chi connectivity index (χ1) is 11.2. The molecule has 2 aromatic rings. The van der Waals surface area contributed by atoms with Crippen LogP contribution in [0, 0.1) is 5.92 Å². The van der Waals surface area contributed by atoms with Crippen LogP contribution in [0.3, 0.4) is 0 Å². The third-order valence-electron chi connectivity index (χ3n) is 4.21. The Morgan fingerprint density at radius 3 is 2.61 bits per heavy atom. The van der Waals surface area contributed by atoms with Crippen molar-refractivity contribution in [3.05, 3.63) is 21.7 Å². The Hall–Kier alpha value is -0.870. The lowest BCUT2D eigenvalue weighted by Gasteiger charge is -2.15. The van der Waals surface area contributed by atoms with Crippen LogP contribution in [0.25, 0.3) is 10.1 Å². The summed E-state index contributed by atoms with van der Waals surface area (Å²) in [4.78, 5) is 13.6. The molecule has 0 saturated heterocycles. The van der Waals surface area contributed by atoms with Gasteiger partial charge in [-0.1, -0.05) is 52.4 Å². The zero-order valence-electron chi connectivity index (χ0n) is 14.3. The van der Waals surface area contributed by atoms with E-state index in [-0.39, 0.29) is 11.9 Å². The summed E-state index contributed by atoms with van der Waals surface area (Å²) in [7, 11) is 0. The molecule has 1 atom stereocenters. The van der Waals surface area contributed by atoms with Gasteiger partial charge in [-0.3, -0.25) is 4.79 Å². The van der Waals surface area contributed by atoms with Crippen molar-refractivity contribution in [2.24, 2.45) is 5.92 Å². The van der Waals surface area contributed by atoms with Crippen LogP contribution in [0.4, 0.5) is 0 Å². The van der Waals surface area contributed by atoms with E-state index < -0.39 is 0 Å². The number of carbonyl (C=O) groups excluding carboxylic acids is 1. The maximum absolute atomic E-state index is 12.4. The molecule has 0 aliphatic carbocycles. The molecule has 0 radical (unpaired) electrons. The van der Waals surface area contributed by atoms with Gasteiger partial charge in [0.1, 0.15) is 6.61 Å². The van der Waals surface area contributed by atoms with Crippen molar-refractivity contribution in [3.8, 4) is 0 Å². The molecule has 0 aromatic carbocycles. The fourth-order valence-corrected chi connectivity index (χ4v) is 4.73. The zero-order valence-corrected chi connectivity index (χ0v) is 15.9. The summed E-state index contributed by atoms with van der Waals surface area (Å²) in [5.74, 6) is 0.0955. The Labute approximate surface area is 147 Å². The molecule has 0 aliphatic rings. The largest absolute Gasteiger partial charge is 0.460 e. The van der Waals surface area contributed by atoms with Gasteiger partial charge in [-0.05, 0) is 24.3 Å². The van der Waals surface area contributed by atoms with Crippen LogP contribution in [-0.2, 0) is 16.1 Å². The molecule has 2 heterocycles. The molecule has 0 bridgehead atoms. The van der Waals surface area contributed by atoms with E-state index in [1.807, 2.05) is 0 Å². The molecule has 23 heavy (non-hydrogen) atoms. The van der Waals surface area contributed by atoms with Crippen molar-refractivity contribution in [1.29, 1.82) is 0 Å². The van der Waals surface area contributed by atoms with Gasteiger partial charge in [0.2, 0.25) is 0 Å². The monoisotopic (exact) mass is 352 g/mol. The smallest absolute Gasteiger partial charge is 0.309 e. The second-order valence-corrected chi connectivity index (χ2v) is 8.11. The van der Waals surface area contributed by atoms with Crippen molar-refractivity contribution >= 4 is 38.7 Å². The summed E-state index contributed by atoms with van der Waals surface area (Å²) in [5.41, 5.74) is 0. The lowest BCUT2D eigenvalue weighted by atomic mass is 9.95. The quantitative estimate of drug-likeness (QED) is 0.329. The van der Waals surface area contributed by atoms with E-state index in [0.29, 0.717) is 6.61 Å². The molecule has 0 spiro atoms. The van der Waals surface area contributed by atoms with Gasteiger partial charge in [0.05, 0.1) is 5.92 Å². The minimum Gasteiger partial charge on any atom is -0.460 e. The van der Waals surface area contributed by atoms with Crippen LogP contribution < -0.4 is 0 Å². The number of fused-ring (bicyclic) bond motifs is 1. The number of carbonyl (C=O) groups is 1. The summed E-state index contributed by atoms with van der Waals surface area (Å²) in [6.07, 6.45) is 9.08. The van der Waals surface area contributed by atoms with Gasteiger partial charge in [0, 0.05) is 20.3 Å². The highest BCUT2D eigenvalue weighted by Crippen LogP contribution is 2.29. The van der Waals surface area contributed by atoms with Crippen LogP contribution in [0.5, 0.6) is 0 Å². The highest BCUT2D eigenvalue weighted by molar-refractivity contribution is 7.22. The summed E-state index contributed by atoms with van der Waals surface area (Å²) >= 11 is 3.46. The van der Waals surface area contributed by atoms with Gasteiger partial charge in [0.25, 0.3) is 0 Å². The predicted octanol–water partition coefficient (Wildman–Crippen LogP) is 6.78. The number of hydrogen-bond acceptors (Lipinski definition) is 4. The first-order valence-corrected chi connectivity index (χ1v) is 10.6. The van der Waals surface area contributed by atoms with E-state index in [2.05, 4.69) is 30.7 Å². The van der Waals surface area contributed by atoms with E-state index in [0.717, 1.165) is 37.0 Å². The van der Waals surface area contributed by atoms with Crippen LogP contribution in [0.15, 0.2) is 16.8 Å². The minimum absolute atomic E-state index is 0.00541. The lowest BCUT2D eigenvalue weighted by molar-refractivity contribution is -0.150. The van der Waals surface area contributed by atoms with Crippen molar-refractivity contribution in [1.82, 2.24) is 0 Å². The molecule has 1 unspecified atom stereocenters. The molecule has 0 amide bonds. The molecular formula is C19H28O2S2. The van der Waals surface area contributed by atoms with Gasteiger partial charge < -0.3 is 4.74 Å². The Bertz CT molecular complexity index is 556. The summed E-state index contributed by atoms with van der Waals surface area (Å²) in [6, 6.07) is 2.14. The molecule has 0 N–H and O–H groups in total. The summed E-state index contributed by atoms with van der Waals surface area (Å²) in [6.45, 7) is 4.83. The second-order valence-electron chi connectivity index (χ2n) is 6.20. The third-order valence-corrected chi connectivity index (χ3v) is 6.20. The number of esters is 1. The van der Waals surface area contributed by atoms with E-state index in [1.165, 1.54) is 29.3 Å². The fraction of sp³-hybridized carbons (Fsp3) is 0.632. The van der Waals surface area contributed by atoms with Crippen LogP contribution in [0.1, 0.15) is 70.1 Å². The lowest BCUT2D eigenvalue weighted by Crippen LogP contribution is -2.17. The van der Waals surface area contributed by atoms with Crippen molar-refractivity contribution in [3.63, 3.8) is 0 Å². The van der Waals surface area contributed by atoms with Gasteiger partial charge in [-0.15, -0.1) is 11.3 Å². The highest BCUT2D eigenvalue weighted by Gasteiger charge is 2.19. The Balaban J connectivity index is 1.81. The van der Waals surface area contributed by atoms with E-state index in [4.69, 9.17) is 4.74 Å². The SMILES string of the molecule is CCCCCCC(CCCC)C(=O)OCc1cc2cscc2s1. The summed E-state index contributed by atoms with van der Waals surface area (Å²) < 4.78 is 6.91. The molecule has 2 rings (SSSR count). The molecule has 4 heteroatoms. The summed E-state index contributed by atoms with van der Waals surface area (Å²) in [5, 5.41) is 5.58. The number of unbranched alkanes of at least 4 members (excludes halogenated alkanes) is 4. The Morgan fingerprint density at radius 2 is 1.87 bits per heavy atom. The molecule has 0 saturated carbocycles. The molecule has 2 aromatic heterocycles. The van der Waals surface area contributed by atoms with Crippen LogP contribution in [-0.4, -0.2) is 5.97 Å². The second kappa shape index (κ2) is 10.1. The van der Waals surface area contributed by atoms with Crippen LogP contribution in [0.2, 0.25) is 0 Å². The van der Waals surface area contributed by atoms with Crippen molar-refractivity contribution in [2.45, 2.75) is 71.8 Å². The van der Waals surface area contributed by atoms with Crippen molar-refractivity contribution < 1.29 is 9.53 Å². The maximum atomic E-state index is 12.4. The number of rotatable bonds is 11. The highest BCUT2D eigenvalue weighted by atomic mass is 32.1. The van der Waals surface area contributed by atoms with E-state index >= 15 is 0 Å². The molecule has 128 valence electrons.